The van der Waals surface area contributed by atoms with E-state index in [0.29, 0.717) is 13.1 Å². The van der Waals surface area contributed by atoms with Crippen LogP contribution in [0, 0.1) is 5.92 Å². The van der Waals surface area contributed by atoms with Gasteiger partial charge < -0.3 is 4.90 Å². The Kier molecular flexibility index (Phi) is 3.79. The molecule has 1 fully saturated rings. The van der Waals surface area contributed by atoms with Crippen LogP contribution in [0.1, 0.15) is 5.56 Å². The highest BCUT2D eigenvalue weighted by molar-refractivity contribution is 5.84. The van der Waals surface area contributed by atoms with Gasteiger partial charge in [-0.1, -0.05) is 35.4 Å². The van der Waals surface area contributed by atoms with Crippen LogP contribution in [0.4, 0.5) is 4.39 Å². The van der Waals surface area contributed by atoms with Gasteiger partial charge in [0.25, 0.3) is 0 Å². The van der Waals surface area contributed by atoms with Gasteiger partial charge in [0.1, 0.15) is 6.04 Å². The number of hydrogen-bond donors (Lipinski definition) is 0. The zero-order chi connectivity index (χ0) is 13.0. The molecule has 1 saturated heterocycles. The molecule has 1 aliphatic rings. The van der Waals surface area contributed by atoms with Crippen molar-refractivity contribution in [2.24, 2.45) is 11.0 Å². The summed E-state index contributed by atoms with van der Waals surface area (Å²) < 4.78 is 12.8. The fourth-order valence-electron chi connectivity index (χ4n) is 2.14. The maximum atomic E-state index is 12.8. The van der Waals surface area contributed by atoms with Gasteiger partial charge in [-0.3, -0.25) is 9.18 Å². The molecule has 0 radical (unpaired) electrons. The highest BCUT2D eigenvalue weighted by Gasteiger charge is 2.39. The van der Waals surface area contributed by atoms with Crippen LogP contribution < -0.4 is 0 Å². The SMILES string of the molecule is [N-]=[N+]=N[C@@H]1C(=O)N(Cc2ccccc2)C[C@@H]1CF. The van der Waals surface area contributed by atoms with Gasteiger partial charge in [-0.25, -0.2) is 0 Å². The third kappa shape index (κ3) is 2.43. The predicted molar refractivity (Wildman–Crippen MR) is 64.3 cm³/mol. The van der Waals surface area contributed by atoms with Crippen LogP contribution >= 0.6 is 0 Å². The predicted octanol–water partition coefficient (Wildman–Crippen LogP) is 2.29. The van der Waals surface area contributed by atoms with Crippen LogP contribution in [0.25, 0.3) is 10.4 Å². The number of likely N-dealkylation sites (tertiary alicyclic amines) is 1. The molecule has 1 aromatic carbocycles. The molecule has 6 heteroatoms. The molecule has 1 aromatic rings. The summed E-state index contributed by atoms with van der Waals surface area (Å²) in [6.07, 6.45) is 0. The van der Waals surface area contributed by atoms with Crippen molar-refractivity contribution in [2.45, 2.75) is 12.6 Å². The molecule has 0 aromatic heterocycles. The molecule has 18 heavy (non-hydrogen) atoms. The van der Waals surface area contributed by atoms with Crippen molar-refractivity contribution >= 4 is 5.91 Å². The minimum atomic E-state index is -0.899. The van der Waals surface area contributed by atoms with Crippen LogP contribution in [0.2, 0.25) is 0 Å². The molecule has 0 aliphatic carbocycles. The summed E-state index contributed by atoms with van der Waals surface area (Å²) in [5.41, 5.74) is 9.38. The molecule has 0 unspecified atom stereocenters. The number of halogens is 1. The van der Waals surface area contributed by atoms with Crippen LogP contribution in [0.5, 0.6) is 0 Å². The minimum Gasteiger partial charge on any atom is -0.338 e. The molecule has 0 bridgehead atoms. The zero-order valence-corrected chi connectivity index (χ0v) is 9.74. The van der Waals surface area contributed by atoms with Gasteiger partial charge in [0, 0.05) is 23.9 Å². The molecular formula is C12H13FN4O. The number of carbonyl (C=O) groups is 1. The van der Waals surface area contributed by atoms with Crippen molar-refractivity contribution in [3.63, 3.8) is 0 Å². The van der Waals surface area contributed by atoms with E-state index in [0.717, 1.165) is 5.56 Å². The second-order valence-electron chi connectivity index (χ2n) is 4.27. The van der Waals surface area contributed by atoms with Gasteiger partial charge in [0.05, 0.1) is 6.67 Å². The number of nitrogens with zero attached hydrogens (tertiary/aromatic N) is 4. The lowest BCUT2D eigenvalue weighted by Gasteiger charge is -2.16. The summed E-state index contributed by atoms with van der Waals surface area (Å²) in [6.45, 7) is 0.0717. The Hall–Kier alpha value is -2.07. The summed E-state index contributed by atoms with van der Waals surface area (Å²) in [4.78, 5) is 16.1. The number of alkyl halides is 1. The lowest BCUT2D eigenvalue weighted by molar-refractivity contribution is -0.129. The molecule has 0 spiro atoms. The van der Waals surface area contributed by atoms with Crippen LogP contribution in [0.15, 0.2) is 35.4 Å². The standard InChI is InChI=1S/C12H13FN4O/c13-6-10-8-17(12(18)11(10)15-16-14)7-9-4-2-1-3-5-9/h1-5,10-11H,6-8H2/t10-,11-/m0/s1. The zero-order valence-electron chi connectivity index (χ0n) is 9.74. The molecule has 0 N–H and O–H groups in total. The third-order valence-electron chi connectivity index (χ3n) is 3.06. The second kappa shape index (κ2) is 5.51. The van der Waals surface area contributed by atoms with Crippen molar-refractivity contribution < 1.29 is 9.18 Å². The number of carbonyl (C=O) groups excluding carboxylic acids is 1. The Morgan fingerprint density at radius 3 is 2.78 bits per heavy atom. The molecule has 1 amide bonds. The van der Waals surface area contributed by atoms with E-state index in [1.807, 2.05) is 30.3 Å². The first-order valence-electron chi connectivity index (χ1n) is 5.69. The van der Waals surface area contributed by atoms with Gasteiger partial charge in [0.2, 0.25) is 5.91 Å². The smallest absolute Gasteiger partial charge is 0.232 e. The Balaban J connectivity index is 2.11. The van der Waals surface area contributed by atoms with E-state index in [-0.39, 0.29) is 5.91 Å². The molecule has 2 atom stereocenters. The second-order valence-corrected chi connectivity index (χ2v) is 4.27. The molecule has 1 aliphatic heterocycles. The Morgan fingerprint density at radius 1 is 1.44 bits per heavy atom. The Bertz CT molecular complexity index is 472. The topological polar surface area (TPSA) is 69.1 Å². The van der Waals surface area contributed by atoms with E-state index in [4.69, 9.17) is 5.53 Å². The fourth-order valence-corrected chi connectivity index (χ4v) is 2.14. The largest absolute Gasteiger partial charge is 0.338 e. The van der Waals surface area contributed by atoms with Gasteiger partial charge in [-0.15, -0.1) is 0 Å². The first kappa shape index (κ1) is 12.4. The summed E-state index contributed by atoms with van der Waals surface area (Å²) in [5, 5.41) is 3.40. The van der Waals surface area contributed by atoms with E-state index in [2.05, 4.69) is 10.0 Å². The van der Waals surface area contributed by atoms with Crippen molar-refractivity contribution in [2.75, 3.05) is 13.2 Å². The van der Waals surface area contributed by atoms with Gasteiger partial charge >= 0.3 is 0 Å². The minimum absolute atomic E-state index is 0.292. The van der Waals surface area contributed by atoms with Crippen molar-refractivity contribution in [1.82, 2.24) is 4.90 Å². The maximum absolute atomic E-state index is 12.8. The maximum Gasteiger partial charge on any atom is 0.232 e. The number of amides is 1. The lowest BCUT2D eigenvalue weighted by Crippen LogP contribution is -2.28. The van der Waals surface area contributed by atoms with E-state index in [9.17, 15) is 9.18 Å². The number of azide groups is 1. The molecule has 94 valence electrons. The molecule has 1 heterocycles. The normalized spacial score (nSPS) is 22.9. The fraction of sp³-hybridized carbons (Fsp3) is 0.417. The molecular weight excluding hydrogens is 235 g/mol. The summed E-state index contributed by atoms with van der Waals surface area (Å²) in [5.74, 6) is -0.823. The van der Waals surface area contributed by atoms with Gasteiger partial charge in [-0.05, 0) is 11.1 Å². The lowest BCUT2D eigenvalue weighted by atomic mass is 10.1. The third-order valence-corrected chi connectivity index (χ3v) is 3.06. The summed E-state index contributed by atoms with van der Waals surface area (Å²) in [7, 11) is 0. The quantitative estimate of drug-likeness (QED) is 0.458. The van der Waals surface area contributed by atoms with E-state index >= 15 is 0 Å². The average molecular weight is 248 g/mol. The first-order chi connectivity index (χ1) is 8.76. The van der Waals surface area contributed by atoms with E-state index in [1.54, 1.807) is 4.90 Å². The van der Waals surface area contributed by atoms with Gasteiger partial charge in [0.15, 0.2) is 0 Å². The summed E-state index contributed by atoms with van der Waals surface area (Å²) in [6, 6.07) is 8.56. The molecule has 5 nitrogen and oxygen atoms in total. The monoisotopic (exact) mass is 248 g/mol. The van der Waals surface area contributed by atoms with E-state index < -0.39 is 18.6 Å². The van der Waals surface area contributed by atoms with Crippen molar-refractivity contribution in [3.8, 4) is 0 Å². The number of benzene rings is 1. The van der Waals surface area contributed by atoms with Gasteiger partial charge in [-0.2, -0.15) is 0 Å². The first-order valence-corrected chi connectivity index (χ1v) is 5.69. The van der Waals surface area contributed by atoms with E-state index in [1.165, 1.54) is 0 Å². The number of rotatable bonds is 4. The average Bonchev–Trinajstić information content (AvgIpc) is 2.69. The Labute approximate surface area is 104 Å². The molecule has 0 saturated carbocycles. The van der Waals surface area contributed by atoms with Crippen LogP contribution in [-0.4, -0.2) is 30.1 Å². The molecule has 2 rings (SSSR count). The number of hydrogen-bond acceptors (Lipinski definition) is 2. The Morgan fingerprint density at radius 2 is 2.17 bits per heavy atom. The van der Waals surface area contributed by atoms with Crippen molar-refractivity contribution in [1.29, 1.82) is 0 Å². The highest BCUT2D eigenvalue weighted by atomic mass is 19.1. The van der Waals surface area contributed by atoms with Crippen molar-refractivity contribution in [3.05, 3.63) is 46.3 Å². The summed E-state index contributed by atoms with van der Waals surface area (Å²) >= 11 is 0. The van der Waals surface area contributed by atoms with Crippen LogP contribution in [0.3, 0.4) is 0 Å². The van der Waals surface area contributed by atoms with Crippen LogP contribution in [-0.2, 0) is 11.3 Å². The highest BCUT2D eigenvalue weighted by Crippen LogP contribution is 2.24.